The zero-order chi connectivity index (χ0) is 14.9. The second-order valence-electron chi connectivity index (χ2n) is 4.79. The van der Waals surface area contributed by atoms with Crippen molar-refractivity contribution < 1.29 is 13.2 Å². The van der Waals surface area contributed by atoms with E-state index in [4.69, 9.17) is 11.6 Å². The topological polar surface area (TPSA) is 69.7 Å². The van der Waals surface area contributed by atoms with Crippen LogP contribution in [-0.4, -0.2) is 45.3 Å². The number of nitrogens with one attached hydrogen (secondary N) is 1. The van der Waals surface area contributed by atoms with E-state index in [-0.39, 0.29) is 12.3 Å². The van der Waals surface area contributed by atoms with Crippen molar-refractivity contribution in [3.63, 3.8) is 0 Å². The first-order valence-corrected chi connectivity index (χ1v) is 7.87. The van der Waals surface area contributed by atoms with Crippen LogP contribution in [-0.2, 0) is 15.0 Å². The Morgan fingerprint density at radius 1 is 1.30 bits per heavy atom. The summed E-state index contributed by atoms with van der Waals surface area (Å²) in [6.07, 6.45) is 0.149. The second kappa shape index (κ2) is 5.69. The molecule has 1 saturated heterocycles. The number of halogens is 1. The monoisotopic (exact) mass is 317 g/mol. The smallest absolute Gasteiger partial charge is 0.279 e. The van der Waals surface area contributed by atoms with Crippen LogP contribution in [0.5, 0.6) is 0 Å². The van der Waals surface area contributed by atoms with Gasteiger partial charge in [-0.3, -0.25) is 4.79 Å². The van der Waals surface area contributed by atoms with Crippen molar-refractivity contribution >= 4 is 33.4 Å². The molecule has 0 saturated carbocycles. The number of hydrogen-bond donors (Lipinski definition) is 1. The first-order valence-electron chi connectivity index (χ1n) is 6.05. The average molecular weight is 318 g/mol. The van der Waals surface area contributed by atoms with E-state index in [0.717, 1.165) is 4.31 Å². The zero-order valence-electron chi connectivity index (χ0n) is 11.2. The predicted molar refractivity (Wildman–Crippen MR) is 78.0 cm³/mol. The highest BCUT2D eigenvalue weighted by Crippen LogP contribution is 2.23. The maximum absolute atomic E-state index is 12.0. The number of hydrogen-bond acceptors (Lipinski definition) is 3. The summed E-state index contributed by atoms with van der Waals surface area (Å²) < 4.78 is 27.1. The minimum Gasteiger partial charge on any atom is -0.311 e. The van der Waals surface area contributed by atoms with E-state index in [0.29, 0.717) is 17.3 Å². The van der Waals surface area contributed by atoms with Crippen molar-refractivity contribution in [2.24, 2.45) is 0 Å². The molecule has 0 unspecified atom stereocenters. The van der Waals surface area contributed by atoms with Gasteiger partial charge in [-0.1, -0.05) is 11.6 Å². The van der Waals surface area contributed by atoms with Crippen molar-refractivity contribution in [3.05, 3.63) is 29.3 Å². The van der Waals surface area contributed by atoms with Crippen LogP contribution in [0.4, 0.5) is 5.69 Å². The fraction of sp³-hybridized carbons (Fsp3) is 0.417. The van der Waals surface area contributed by atoms with E-state index in [1.807, 2.05) is 0 Å². The van der Waals surface area contributed by atoms with E-state index in [1.54, 1.807) is 29.2 Å². The first kappa shape index (κ1) is 15.2. The van der Waals surface area contributed by atoms with Crippen LogP contribution >= 0.6 is 11.6 Å². The van der Waals surface area contributed by atoms with Gasteiger partial charge < -0.3 is 4.90 Å². The molecule has 1 aliphatic rings. The quantitative estimate of drug-likeness (QED) is 0.894. The number of anilines is 1. The maximum atomic E-state index is 12.0. The summed E-state index contributed by atoms with van der Waals surface area (Å²) in [6, 6.07) is 6.44. The normalized spacial score (nSPS) is 19.9. The average Bonchev–Trinajstić information content (AvgIpc) is 2.70. The minimum atomic E-state index is -3.53. The Kier molecular flexibility index (Phi) is 4.33. The van der Waals surface area contributed by atoms with Crippen LogP contribution in [0.15, 0.2) is 24.3 Å². The van der Waals surface area contributed by atoms with Gasteiger partial charge in [0.05, 0.1) is 0 Å². The van der Waals surface area contributed by atoms with Crippen LogP contribution in [0.3, 0.4) is 0 Å². The summed E-state index contributed by atoms with van der Waals surface area (Å²) in [4.78, 5) is 13.5. The molecule has 1 aromatic carbocycles. The third kappa shape index (κ3) is 3.29. The van der Waals surface area contributed by atoms with Crippen LogP contribution in [0.25, 0.3) is 0 Å². The molecular formula is C12H16ClN3O3S. The molecule has 1 aromatic rings. The lowest BCUT2D eigenvalue weighted by molar-refractivity contribution is -0.117. The van der Waals surface area contributed by atoms with Gasteiger partial charge >= 0.3 is 0 Å². The van der Waals surface area contributed by atoms with Gasteiger partial charge in [0.15, 0.2) is 0 Å². The number of benzene rings is 1. The Hall–Kier alpha value is -1.15. The Bertz CT molecular complexity index is 601. The van der Waals surface area contributed by atoms with Crippen LogP contribution < -0.4 is 9.62 Å². The Morgan fingerprint density at radius 3 is 2.45 bits per heavy atom. The lowest BCUT2D eigenvalue weighted by Gasteiger charge is -2.19. The third-order valence-electron chi connectivity index (χ3n) is 3.06. The number of rotatable bonds is 4. The number of amides is 1. The van der Waals surface area contributed by atoms with Gasteiger partial charge in [0.1, 0.15) is 0 Å². The molecule has 2 rings (SSSR count). The van der Waals surface area contributed by atoms with Crippen LogP contribution in [0.1, 0.15) is 6.42 Å². The molecule has 20 heavy (non-hydrogen) atoms. The standard InChI is InChI=1S/C12H16ClN3O3S/c1-15(2)20(18,19)14-10-7-12(17)16(8-10)11-5-3-9(13)4-6-11/h3-6,10,14H,7-8H2,1-2H3/t10-/m1/s1. The van der Waals surface area contributed by atoms with Gasteiger partial charge in [-0.15, -0.1) is 0 Å². The van der Waals surface area contributed by atoms with E-state index in [2.05, 4.69) is 4.72 Å². The van der Waals surface area contributed by atoms with Gasteiger partial charge in [-0.05, 0) is 24.3 Å². The Labute approximate surface area is 123 Å². The van der Waals surface area contributed by atoms with Gasteiger partial charge in [0.2, 0.25) is 5.91 Å². The maximum Gasteiger partial charge on any atom is 0.279 e. The van der Waals surface area contributed by atoms with E-state index >= 15 is 0 Å². The Balaban J connectivity index is 2.10. The lowest BCUT2D eigenvalue weighted by Crippen LogP contribution is -2.43. The fourth-order valence-corrected chi connectivity index (χ4v) is 2.89. The van der Waals surface area contributed by atoms with Gasteiger partial charge in [-0.25, -0.2) is 0 Å². The molecule has 0 aliphatic carbocycles. The Morgan fingerprint density at radius 2 is 1.90 bits per heavy atom. The van der Waals surface area contributed by atoms with Crippen LogP contribution in [0.2, 0.25) is 5.02 Å². The summed E-state index contributed by atoms with van der Waals surface area (Å²) in [5.41, 5.74) is 0.714. The molecular weight excluding hydrogens is 302 g/mol. The summed E-state index contributed by atoms with van der Waals surface area (Å²) in [5, 5.41) is 0.588. The van der Waals surface area contributed by atoms with Crippen molar-refractivity contribution in [2.45, 2.75) is 12.5 Å². The molecule has 1 aliphatic heterocycles. The molecule has 1 heterocycles. The predicted octanol–water partition coefficient (Wildman–Crippen LogP) is 0.841. The highest BCUT2D eigenvalue weighted by atomic mass is 35.5. The molecule has 110 valence electrons. The zero-order valence-corrected chi connectivity index (χ0v) is 12.8. The second-order valence-corrected chi connectivity index (χ2v) is 7.14. The van der Waals surface area contributed by atoms with Crippen molar-refractivity contribution in [1.82, 2.24) is 9.03 Å². The van der Waals surface area contributed by atoms with E-state index in [1.165, 1.54) is 14.1 Å². The number of carbonyl (C=O) groups excluding carboxylic acids is 1. The molecule has 1 amide bonds. The number of nitrogens with zero attached hydrogens (tertiary/aromatic N) is 2. The molecule has 6 nitrogen and oxygen atoms in total. The molecule has 1 fully saturated rings. The SMILES string of the molecule is CN(C)S(=O)(=O)N[C@@H]1CC(=O)N(c2ccc(Cl)cc2)C1. The molecule has 0 spiro atoms. The summed E-state index contributed by atoms with van der Waals surface area (Å²) in [5.74, 6) is -0.112. The van der Waals surface area contributed by atoms with Gasteiger partial charge in [-0.2, -0.15) is 17.4 Å². The summed E-state index contributed by atoms with van der Waals surface area (Å²) in [6.45, 7) is 0.313. The largest absolute Gasteiger partial charge is 0.311 e. The molecule has 0 radical (unpaired) electrons. The van der Waals surface area contributed by atoms with Gasteiger partial charge in [0, 0.05) is 43.8 Å². The summed E-state index contributed by atoms with van der Waals surface area (Å²) >= 11 is 5.80. The first-order chi connectivity index (χ1) is 9.29. The van der Waals surface area contributed by atoms with Crippen molar-refractivity contribution in [2.75, 3.05) is 25.5 Å². The summed E-state index contributed by atoms with van der Waals surface area (Å²) in [7, 11) is -0.653. The van der Waals surface area contributed by atoms with Crippen LogP contribution in [0, 0.1) is 0 Å². The van der Waals surface area contributed by atoms with E-state index < -0.39 is 16.3 Å². The third-order valence-corrected chi connectivity index (χ3v) is 4.90. The van der Waals surface area contributed by atoms with Crippen molar-refractivity contribution in [1.29, 1.82) is 0 Å². The van der Waals surface area contributed by atoms with E-state index in [9.17, 15) is 13.2 Å². The molecule has 8 heteroatoms. The van der Waals surface area contributed by atoms with Gasteiger partial charge in [0.25, 0.3) is 10.2 Å². The molecule has 0 bridgehead atoms. The highest BCUT2D eigenvalue weighted by molar-refractivity contribution is 7.87. The molecule has 1 atom stereocenters. The van der Waals surface area contributed by atoms with Crippen molar-refractivity contribution in [3.8, 4) is 0 Å². The lowest BCUT2D eigenvalue weighted by atomic mass is 10.3. The minimum absolute atomic E-state index is 0.112. The molecule has 0 aromatic heterocycles. The fourth-order valence-electron chi connectivity index (χ4n) is 1.97. The molecule has 1 N–H and O–H groups in total. The highest BCUT2D eigenvalue weighted by Gasteiger charge is 2.33. The number of carbonyl (C=O) groups is 1.